The van der Waals surface area contributed by atoms with Gasteiger partial charge in [0.25, 0.3) is 5.91 Å². The molecule has 2 heterocycles. The molecular formula is C24H19Cl2FN4O3. The van der Waals surface area contributed by atoms with Crippen LogP contribution in [0.4, 0.5) is 14.9 Å². The molecule has 7 nitrogen and oxygen atoms in total. The minimum absolute atomic E-state index is 0.0149. The Morgan fingerprint density at radius 1 is 1.12 bits per heavy atom. The summed E-state index contributed by atoms with van der Waals surface area (Å²) in [5, 5.41) is 5.87. The molecule has 4 amide bonds. The number of halogens is 3. The first-order valence-corrected chi connectivity index (χ1v) is 10.9. The lowest BCUT2D eigenvalue weighted by atomic mass is 10.2. The summed E-state index contributed by atoms with van der Waals surface area (Å²) < 4.78 is 15.7. The van der Waals surface area contributed by atoms with E-state index >= 15 is 0 Å². The van der Waals surface area contributed by atoms with Crippen molar-refractivity contribution in [2.24, 2.45) is 0 Å². The quantitative estimate of drug-likeness (QED) is 0.378. The average molecular weight is 501 g/mol. The van der Waals surface area contributed by atoms with Crippen LogP contribution in [0.1, 0.15) is 17.0 Å². The minimum atomic E-state index is -0.744. The number of carbonyl (C=O) groups excluding carboxylic acids is 3. The number of urea groups is 1. The van der Waals surface area contributed by atoms with Crippen LogP contribution in [0.3, 0.4) is 0 Å². The molecule has 0 radical (unpaired) electrons. The predicted molar refractivity (Wildman–Crippen MR) is 129 cm³/mol. The molecule has 1 saturated heterocycles. The minimum Gasteiger partial charge on any atom is -0.322 e. The molecule has 34 heavy (non-hydrogen) atoms. The molecule has 2 aromatic carbocycles. The lowest BCUT2D eigenvalue weighted by molar-refractivity contribution is -0.127. The number of benzene rings is 2. The third kappa shape index (κ3) is 4.55. The zero-order valence-electron chi connectivity index (χ0n) is 18.2. The number of aromatic nitrogens is 1. The van der Waals surface area contributed by atoms with E-state index in [0.717, 1.165) is 16.3 Å². The highest BCUT2D eigenvalue weighted by molar-refractivity contribution is 6.34. The molecule has 3 aromatic rings. The number of carbonyl (C=O) groups is 3. The smallest absolute Gasteiger partial charge is 0.322 e. The van der Waals surface area contributed by atoms with E-state index in [2.05, 4.69) is 10.6 Å². The van der Waals surface area contributed by atoms with Crippen LogP contribution >= 0.6 is 23.2 Å². The summed E-state index contributed by atoms with van der Waals surface area (Å²) in [4.78, 5) is 38.2. The molecule has 4 rings (SSSR count). The van der Waals surface area contributed by atoms with Crippen LogP contribution in [0.5, 0.6) is 0 Å². The van der Waals surface area contributed by atoms with Crippen molar-refractivity contribution in [3.63, 3.8) is 0 Å². The number of anilines is 1. The van der Waals surface area contributed by atoms with Crippen molar-refractivity contribution in [2.45, 2.75) is 13.8 Å². The van der Waals surface area contributed by atoms with Crippen molar-refractivity contribution in [3.05, 3.63) is 87.0 Å². The molecule has 0 atom stereocenters. The van der Waals surface area contributed by atoms with Gasteiger partial charge in [-0.1, -0.05) is 35.3 Å². The highest BCUT2D eigenvalue weighted by Gasteiger charge is 2.35. The largest absolute Gasteiger partial charge is 0.329 e. The zero-order chi connectivity index (χ0) is 24.6. The molecule has 0 spiro atoms. The molecule has 2 N–H and O–H groups in total. The van der Waals surface area contributed by atoms with Gasteiger partial charge in [-0.05, 0) is 61.9 Å². The second-order valence-corrected chi connectivity index (χ2v) is 8.51. The number of para-hydroxylation sites is 1. The van der Waals surface area contributed by atoms with Gasteiger partial charge in [0, 0.05) is 16.4 Å². The SMILES string of the molecule is Cc1cc(/C=C2/NC(=O)N(CC(=O)Nc3ccccc3F)C2=O)c(C)n1-c1cc(Cl)ccc1Cl. The first-order chi connectivity index (χ1) is 16.2. The fourth-order valence-electron chi connectivity index (χ4n) is 3.73. The van der Waals surface area contributed by atoms with Gasteiger partial charge in [0.05, 0.1) is 16.4 Å². The third-order valence-corrected chi connectivity index (χ3v) is 5.89. The van der Waals surface area contributed by atoms with Gasteiger partial charge in [-0.25, -0.2) is 14.1 Å². The first-order valence-electron chi connectivity index (χ1n) is 10.2. The fraction of sp³-hybridized carbons (Fsp3) is 0.125. The summed E-state index contributed by atoms with van der Waals surface area (Å²) >= 11 is 12.5. The number of nitrogens with one attached hydrogen (secondary N) is 2. The molecule has 1 aromatic heterocycles. The third-order valence-electron chi connectivity index (χ3n) is 5.33. The van der Waals surface area contributed by atoms with E-state index in [0.29, 0.717) is 21.3 Å². The zero-order valence-corrected chi connectivity index (χ0v) is 19.7. The number of amides is 4. The maximum absolute atomic E-state index is 13.8. The van der Waals surface area contributed by atoms with Gasteiger partial charge in [0.1, 0.15) is 18.1 Å². The second-order valence-electron chi connectivity index (χ2n) is 7.67. The standard InChI is InChI=1S/C24H19Cl2FN4O3/c1-13-9-15(14(2)31(13)21-11-16(25)7-8-17(21)26)10-20-23(33)30(24(34)29-20)12-22(32)28-19-6-4-3-5-18(19)27/h3-11H,12H2,1-2H3,(H,28,32)(H,29,34)/b20-10+. The number of aryl methyl sites for hydroxylation is 1. The molecule has 1 aliphatic rings. The predicted octanol–water partition coefficient (Wildman–Crippen LogP) is 5.07. The van der Waals surface area contributed by atoms with Gasteiger partial charge < -0.3 is 15.2 Å². The summed E-state index contributed by atoms with van der Waals surface area (Å²) in [5.41, 5.74) is 2.94. The van der Waals surface area contributed by atoms with Crippen LogP contribution in [0, 0.1) is 19.7 Å². The Hall–Kier alpha value is -3.62. The van der Waals surface area contributed by atoms with E-state index in [1.54, 1.807) is 24.3 Å². The molecule has 174 valence electrons. The maximum atomic E-state index is 13.8. The van der Waals surface area contributed by atoms with Crippen LogP contribution in [-0.2, 0) is 9.59 Å². The fourth-order valence-corrected chi connectivity index (χ4v) is 4.10. The van der Waals surface area contributed by atoms with E-state index in [1.165, 1.54) is 24.3 Å². The second kappa shape index (κ2) is 9.32. The van der Waals surface area contributed by atoms with Gasteiger partial charge in [0.15, 0.2) is 0 Å². The average Bonchev–Trinajstić information content (AvgIpc) is 3.21. The van der Waals surface area contributed by atoms with Crippen molar-refractivity contribution in [3.8, 4) is 5.69 Å². The Bertz CT molecular complexity index is 1370. The van der Waals surface area contributed by atoms with Crippen molar-refractivity contribution in [1.82, 2.24) is 14.8 Å². The summed E-state index contributed by atoms with van der Waals surface area (Å²) in [5.74, 6) is -1.99. The van der Waals surface area contributed by atoms with Crippen LogP contribution in [0.15, 0.2) is 54.2 Å². The molecule has 0 unspecified atom stereocenters. The molecule has 1 aliphatic heterocycles. The Balaban J connectivity index is 1.56. The summed E-state index contributed by atoms with van der Waals surface area (Å²) in [7, 11) is 0. The summed E-state index contributed by atoms with van der Waals surface area (Å²) in [6.07, 6.45) is 1.53. The number of rotatable bonds is 5. The molecule has 0 aliphatic carbocycles. The van der Waals surface area contributed by atoms with Crippen molar-refractivity contribution < 1.29 is 18.8 Å². The molecular weight excluding hydrogens is 482 g/mol. The summed E-state index contributed by atoms with van der Waals surface area (Å²) in [6, 6.07) is 11.8. The van der Waals surface area contributed by atoms with Crippen molar-refractivity contribution in [1.29, 1.82) is 0 Å². The normalized spacial score (nSPS) is 14.6. The Kier molecular flexibility index (Phi) is 6.45. The van der Waals surface area contributed by atoms with Crippen LogP contribution in [0.2, 0.25) is 10.0 Å². The van der Waals surface area contributed by atoms with E-state index in [9.17, 15) is 18.8 Å². The topological polar surface area (TPSA) is 83.4 Å². The van der Waals surface area contributed by atoms with Crippen molar-refractivity contribution in [2.75, 3.05) is 11.9 Å². The Morgan fingerprint density at radius 2 is 1.85 bits per heavy atom. The van der Waals surface area contributed by atoms with E-state index in [1.807, 2.05) is 24.5 Å². The van der Waals surface area contributed by atoms with Crippen LogP contribution in [-0.4, -0.2) is 33.9 Å². The van der Waals surface area contributed by atoms with Crippen LogP contribution in [0.25, 0.3) is 11.8 Å². The van der Waals surface area contributed by atoms with Crippen LogP contribution < -0.4 is 10.6 Å². The first kappa shape index (κ1) is 23.5. The summed E-state index contributed by atoms with van der Waals surface area (Å²) in [6.45, 7) is 3.16. The van der Waals surface area contributed by atoms with Gasteiger partial charge >= 0.3 is 6.03 Å². The molecule has 0 bridgehead atoms. The lowest BCUT2D eigenvalue weighted by Gasteiger charge is -2.12. The van der Waals surface area contributed by atoms with Gasteiger partial charge in [-0.2, -0.15) is 0 Å². The van der Waals surface area contributed by atoms with Crippen molar-refractivity contribution >= 4 is 52.8 Å². The monoisotopic (exact) mass is 500 g/mol. The Labute approximate surface area is 204 Å². The van der Waals surface area contributed by atoms with Gasteiger partial charge in [-0.15, -0.1) is 0 Å². The Morgan fingerprint density at radius 3 is 2.59 bits per heavy atom. The number of imide groups is 1. The number of hydrogen-bond donors (Lipinski definition) is 2. The van der Waals surface area contributed by atoms with E-state index in [4.69, 9.17) is 23.2 Å². The van der Waals surface area contributed by atoms with E-state index < -0.39 is 30.2 Å². The highest BCUT2D eigenvalue weighted by atomic mass is 35.5. The molecule has 1 fully saturated rings. The van der Waals surface area contributed by atoms with Gasteiger partial charge in [0.2, 0.25) is 5.91 Å². The molecule has 10 heteroatoms. The lowest BCUT2D eigenvalue weighted by Crippen LogP contribution is -2.38. The maximum Gasteiger partial charge on any atom is 0.329 e. The number of hydrogen-bond acceptors (Lipinski definition) is 3. The van der Waals surface area contributed by atoms with Gasteiger partial charge in [-0.3, -0.25) is 9.59 Å². The highest BCUT2D eigenvalue weighted by Crippen LogP contribution is 2.30. The molecule has 0 saturated carbocycles. The van der Waals surface area contributed by atoms with E-state index in [-0.39, 0.29) is 11.4 Å². The number of nitrogens with zero attached hydrogens (tertiary/aromatic N) is 2.